The first-order valence-electron chi connectivity index (χ1n) is 4.18. The number of alkyl halides is 5. The molecule has 1 heterocycles. The van der Waals surface area contributed by atoms with E-state index >= 15 is 0 Å². The van der Waals surface area contributed by atoms with Gasteiger partial charge >= 0.3 is 6.36 Å². The van der Waals surface area contributed by atoms with E-state index in [9.17, 15) is 22.0 Å². The molecule has 0 atom stereocenters. The molecule has 0 radical (unpaired) electrons. The highest BCUT2D eigenvalue weighted by Crippen LogP contribution is 2.38. The van der Waals surface area contributed by atoms with Crippen LogP contribution in [0.2, 0.25) is 0 Å². The van der Waals surface area contributed by atoms with Gasteiger partial charge in [-0.2, -0.15) is 0 Å². The summed E-state index contributed by atoms with van der Waals surface area (Å²) in [5, 5.41) is 8.73. The minimum absolute atomic E-state index is 0.478. The maximum absolute atomic E-state index is 12.6. The van der Waals surface area contributed by atoms with Gasteiger partial charge in [0, 0.05) is 11.8 Å². The van der Waals surface area contributed by atoms with Crippen molar-refractivity contribution in [3.63, 3.8) is 0 Å². The number of pyridine rings is 1. The Labute approximate surface area is 91.8 Å². The predicted octanol–water partition coefficient (Wildman–Crippen LogP) is 1.99. The van der Waals surface area contributed by atoms with Crippen LogP contribution >= 0.6 is 0 Å². The van der Waals surface area contributed by atoms with Gasteiger partial charge in [-0.1, -0.05) is 0 Å². The first-order valence-corrected chi connectivity index (χ1v) is 4.18. The molecule has 0 aliphatic rings. The van der Waals surface area contributed by atoms with Crippen LogP contribution in [0.3, 0.4) is 0 Å². The summed E-state index contributed by atoms with van der Waals surface area (Å²) < 4.78 is 64.5. The van der Waals surface area contributed by atoms with Crippen molar-refractivity contribution in [1.82, 2.24) is 4.98 Å². The van der Waals surface area contributed by atoms with Gasteiger partial charge in [0.2, 0.25) is 0 Å². The third-order valence-corrected chi connectivity index (χ3v) is 1.79. The van der Waals surface area contributed by atoms with Crippen molar-refractivity contribution < 1.29 is 31.8 Å². The van der Waals surface area contributed by atoms with Crippen LogP contribution in [-0.2, 0) is 6.61 Å². The number of nitrogens with two attached hydrogens (primary N) is 1. The lowest BCUT2D eigenvalue weighted by atomic mass is 10.1. The Bertz CT molecular complexity index is 408. The Morgan fingerprint density at radius 3 is 2.41 bits per heavy atom. The number of hydrogen-bond acceptors (Lipinski definition) is 4. The molecule has 4 nitrogen and oxygen atoms in total. The summed E-state index contributed by atoms with van der Waals surface area (Å²) in [7, 11) is 0. The molecular weight excluding hydrogens is 251 g/mol. The number of anilines is 1. The van der Waals surface area contributed by atoms with Crippen LogP contribution in [0.1, 0.15) is 17.6 Å². The number of aromatic nitrogens is 1. The first-order chi connectivity index (χ1) is 7.76. The van der Waals surface area contributed by atoms with E-state index < -0.39 is 42.1 Å². The van der Waals surface area contributed by atoms with Crippen molar-refractivity contribution in [3.05, 3.63) is 17.3 Å². The zero-order valence-corrected chi connectivity index (χ0v) is 8.13. The fraction of sp³-hybridized carbons (Fsp3) is 0.375. The number of nitrogen functional groups attached to an aromatic ring is 1. The SMILES string of the molecule is Nc1ncc(CO)c(C(F)F)c1OC(F)(F)F. The fourth-order valence-electron chi connectivity index (χ4n) is 1.15. The molecule has 0 aromatic carbocycles. The highest BCUT2D eigenvalue weighted by atomic mass is 19.4. The van der Waals surface area contributed by atoms with Gasteiger partial charge in [-0.05, 0) is 0 Å². The van der Waals surface area contributed by atoms with Gasteiger partial charge in [-0.15, -0.1) is 13.2 Å². The molecule has 1 aromatic heterocycles. The zero-order valence-electron chi connectivity index (χ0n) is 8.13. The van der Waals surface area contributed by atoms with E-state index in [4.69, 9.17) is 10.8 Å². The molecule has 17 heavy (non-hydrogen) atoms. The molecule has 1 aromatic rings. The molecular formula is C8H7F5N2O2. The minimum atomic E-state index is -5.17. The molecule has 1 rings (SSSR count). The molecule has 0 aliphatic carbocycles. The van der Waals surface area contributed by atoms with Crippen molar-refractivity contribution in [2.75, 3.05) is 5.73 Å². The number of hydrogen-bond donors (Lipinski definition) is 2. The topological polar surface area (TPSA) is 68.4 Å². The summed E-state index contributed by atoms with van der Waals surface area (Å²) in [6.45, 7) is -0.902. The second kappa shape index (κ2) is 4.70. The average molecular weight is 258 g/mol. The van der Waals surface area contributed by atoms with Crippen LogP contribution < -0.4 is 10.5 Å². The lowest BCUT2D eigenvalue weighted by Crippen LogP contribution is -2.20. The molecule has 9 heteroatoms. The minimum Gasteiger partial charge on any atom is -0.401 e. The molecule has 96 valence electrons. The zero-order chi connectivity index (χ0) is 13.2. The van der Waals surface area contributed by atoms with Crippen LogP contribution in [0, 0.1) is 0 Å². The highest BCUT2D eigenvalue weighted by Gasteiger charge is 2.35. The summed E-state index contributed by atoms with van der Waals surface area (Å²) in [6, 6.07) is 0. The number of halogens is 5. The molecule has 0 saturated carbocycles. The van der Waals surface area contributed by atoms with Gasteiger partial charge < -0.3 is 15.6 Å². The molecule has 0 bridgehead atoms. The van der Waals surface area contributed by atoms with Crippen molar-refractivity contribution in [2.45, 2.75) is 19.4 Å². The Balaban J connectivity index is 3.34. The van der Waals surface area contributed by atoms with E-state index in [-0.39, 0.29) is 0 Å². The van der Waals surface area contributed by atoms with Crippen LogP contribution in [-0.4, -0.2) is 16.5 Å². The third kappa shape index (κ3) is 3.16. The highest BCUT2D eigenvalue weighted by molar-refractivity contribution is 5.54. The Morgan fingerprint density at radius 2 is 2.00 bits per heavy atom. The lowest BCUT2D eigenvalue weighted by Gasteiger charge is -2.16. The number of rotatable bonds is 3. The molecule has 0 aliphatic heterocycles. The Morgan fingerprint density at radius 1 is 1.41 bits per heavy atom. The molecule has 0 fully saturated rings. The van der Waals surface area contributed by atoms with E-state index in [1.807, 2.05) is 0 Å². The van der Waals surface area contributed by atoms with Crippen LogP contribution in [0.4, 0.5) is 27.8 Å². The molecule has 0 saturated heterocycles. The van der Waals surface area contributed by atoms with Crippen molar-refractivity contribution in [2.24, 2.45) is 0 Å². The molecule has 0 spiro atoms. The van der Waals surface area contributed by atoms with E-state index in [2.05, 4.69) is 9.72 Å². The average Bonchev–Trinajstić information content (AvgIpc) is 2.18. The smallest absolute Gasteiger partial charge is 0.401 e. The second-order valence-corrected chi connectivity index (χ2v) is 2.92. The van der Waals surface area contributed by atoms with Gasteiger partial charge in [0.05, 0.1) is 12.2 Å². The van der Waals surface area contributed by atoms with Crippen LogP contribution in [0.5, 0.6) is 5.75 Å². The Kier molecular flexibility index (Phi) is 3.71. The first kappa shape index (κ1) is 13.4. The van der Waals surface area contributed by atoms with Crippen LogP contribution in [0.15, 0.2) is 6.20 Å². The van der Waals surface area contributed by atoms with Gasteiger partial charge in [0.15, 0.2) is 11.6 Å². The van der Waals surface area contributed by atoms with E-state index in [1.165, 1.54) is 0 Å². The van der Waals surface area contributed by atoms with Crippen molar-refractivity contribution >= 4 is 5.82 Å². The van der Waals surface area contributed by atoms with Gasteiger partial charge in [-0.3, -0.25) is 0 Å². The summed E-state index contributed by atoms with van der Waals surface area (Å²) >= 11 is 0. The van der Waals surface area contributed by atoms with E-state index in [0.29, 0.717) is 0 Å². The summed E-state index contributed by atoms with van der Waals surface area (Å²) in [5.74, 6) is -2.10. The molecule has 3 N–H and O–H groups in total. The summed E-state index contributed by atoms with van der Waals surface area (Å²) in [6.07, 6.45) is -7.69. The van der Waals surface area contributed by atoms with Gasteiger partial charge in [-0.25, -0.2) is 13.8 Å². The monoisotopic (exact) mass is 258 g/mol. The number of nitrogens with zero attached hydrogens (tertiary/aromatic N) is 1. The largest absolute Gasteiger partial charge is 0.573 e. The third-order valence-electron chi connectivity index (χ3n) is 1.79. The maximum Gasteiger partial charge on any atom is 0.573 e. The lowest BCUT2D eigenvalue weighted by molar-refractivity contribution is -0.275. The second-order valence-electron chi connectivity index (χ2n) is 2.92. The molecule has 0 unspecified atom stereocenters. The normalized spacial score (nSPS) is 11.9. The number of ether oxygens (including phenoxy) is 1. The van der Waals surface area contributed by atoms with Gasteiger partial charge in [0.1, 0.15) is 0 Å². The molecule has 0 amide bonds. The Hall–Kier alpha value is -1.64. The van der Waals surface area contributed by atoms with E-state index in [1.54, 1.807) is 0 Å². The van der Waals surface area contributed by atoms with E-state index in [0.717, 1.165) is 6.20 Å². The number of aliphatic hydroxyl groups is 1. The quantitative estimate of drug-likeness (QED) is 0.813. The number of aliphatic hydroxyl groups excluding tert-OH is 1. The van der Waals surface area contributed by atoms with Crippen molar-refractivity contribution in [1.29, 1.82) is 0 Å². The summed E-state index contributed by atoms with van der Waals surface area (Å²) in [4.78, 5) is 3.24. The summed E-state index contributed by atoms with van der Waals surface area (Å²) in [5.41, 5.74) is 3.45. The maximum atomic E-state index is 12.6. The van der Waals surface area contributed by atoms with Crippen LogP contribution in [0.25, 0.3) is 0 Å². The predicted molar refractivity (Wildman–Crippen MR) is 46.2 cm³/mol. The van der Waals surface area contributed by atoms with Crippen molar-refractivity contribution in [3.8, 4) is 5.75 Å². The fourth-order valence-corrected chi connectivity index (χ4v) is 1.15. The van der Waals surface area contributed by atoms with Gasteiger partial charge in [0.25, 0.3) is 6.43 Å². The standard InChI is InChI=1S/C8H7F5N2O2/c9-6(10)4-3(2-16)1-15-7(14)5(4)17-8(11,12)13/h1,6,16H,2H2,(H2,14,15).